The Labute approximate surface area is 151 Å². The molecule has 1 aromatic rings. The minimum atomic E-state index is -3.24. The maximum atomic E-state index is 12.5. The van der Waals surface area contributed by atoms with Crippen LogP contribution in [0.5, 0.6) is 0 Å². The third-order valence-corrected chi connectivity index (χ3v) is 5.99. The van der Waals surface area contributed by atoms with E-state index < -0.39 is 10.0 Å². The van der Waals surface area contributed by atoms with Gasteiger partial charge in [-0.3, -0.25) is 9.69 Å². The highest BCUT2D eigenvalue weighted by atomic mass is 32.2. The predicted molar refractivity (Wildman–Crippen MR) is 101 cm³/mol. The fourth-order valence-electron chi connectivity index (χ4n) is 3.15. The Hall–Kier alpha value is -1.44. The first kappa shape index (κ1) is 19.9. The number of piperidine rings is 1. The van der Waals surface area contributed by atoms with E-state index in [9.17, 15) is 13.2 Å². The van der Waals surface area contributed by atoms with Gasteiger partial charge in [-0.15, -0.1) is 0 Å². The van der Waals surface area contributed by atoms with Crippen molar-refractivity contribution in [3.63, 3.8) is 0 Å². The quantitative estimate of drug-likeness (QED) is 0.802. The molecule has 25 heavy (non-hydrogen) atoms. The Morgan fingerprint density at radius 3 is 2.68 bits per heavy atom. The molecule has 1 fully saturated rings. The smallest absolute Gasteiger partial charge is 0.228 e. The lowest BCUT2D eigenvalue weighted by molar-refractivity contribution is -0.120. The third-order valence-electron chi connectivity index (χ3n) is 4.72. The number of carbonyl (C=O) groups excluding carboxylic acids is 1. The normalized spacial score (nSPS) is 19.1. The Kier molecular flexibility index (Phi) is 6.98. The molecular formula is C18H29N3O3S. The van der Waals surface area contributed by atoms with Crippen molar-refractivity contribution in [2.24, 2.45) is 5.92 Å². The molecule has 1 aliphatic heterocycles. The summed E-state index contributed by atoms with van der Waals surface area (Å²) in [7, 11) is -3.24. The van der Waals surface area contributed by atoms with Gasteiger partial charge in [0.25, 0.3) is 0 Å². The molecule has 1 N–H and O–H groups in total. The van der Waals surface area contributed by atoms with Crippen molar-refractivity contribution >= 4 is 21.6 Å². The summed E-state index contributed by atoms with van der Waals surface area (Å²) in [6, 6.07) is 7.87. The van der Waals surface area contributed by atoms with Crippen molar-refractivity contribution in [3.8, 4) is 0 Å². The van der Waals surface area contributed by atoms with E-state index in [4.69, 9.17) is 0 Å². The van der Waals surface area contributed by atoms with Crippen molar-refractivity contribution in [1.29, 1.82) is 0 Å². The second kappa shape index (κ2) is 8.78. The zero-order valence-corrected chi connectivity index (χ0v) is 16.2. The van der Waals surface area contributed by atoms with Crippen molar-refractivity contribution in [3.05, 3.63) is 29.8 Å². The third kappa shape index (κ3) is 5.80. The molecule has 140 valence electrons. The van der Waals surface area contributed by atoms with E-state index in [1.54, 1.807) is 0 Å². The molecule has 2 rings (SSSR count). The minimum Gasteiger partial charge on any atom is -0.326 e. The molecule has 0 bridgehead atoms. The number of hydrogen-bond acceptors (Lipinski definition) is 4. The van der Waals surface area contributed by atoms with Gasteiger partial charge >= 0.3 is 0 Å². The van der Waals surface area contributed by atoms with Gasteiger partial charge in [-0.05, 0) is 43.6 Å². The Balaban J connectivity index is 2.00. The standard InChI is InChI=1S/C18H29N3O3S/c1-4-20(5-2)13-15-8-6-10-17(12-15)19-18(22)16-9-7-11-21(14-16)25(3,23)24/h6,8,10,12,16H,4-5,7,9,11,13-14H2,1-3H3,(H,19,22). The monoisotopic (exact) mass is 367 g/mol. The van der Waals surface area contributed by atoms with Gasteiger partial charge in [-0.25, -0.2) is 12.7 Å². The minimum absolute atomic E-state index is 0.103. The number of hydrogen-bond donors (Lipinski definition) is 1. The van der Waals surface area contributed by atoms with Crippen LogP contribution in [0, 0.1) is 5.92 Å². The Bertz CT molecular complexity index is 687. The molecule has 1 aromatic carbocycles. The number of anilines is 1. The van der Waals surface area contributed by atoms with Gasteiger partial charge in [-0.1, -0.05) is 26.0 Å². The van der Waals surface area contributed by atoms with Gasteiger partial charge in [0.15, 0.2) is 0 Å². The van der Waals surface area contributed by atoms with Gasteiger partial charge in [-0.2, -0.15) is 0 Å². The second-order valence-corrected chi connectivity index (χ2v) is 8.59. The SMILES string of the molecule is CCN(CC)Cc1cccc(NC(=O)C2CCCN(S(C)(=O)=O)C2)c1. The van der Waals surface area contributed by atoms with Crippen LogP contribution < -0.4 is 5.32 Å². The molecule has 1 unspecified atom stereocenters. The largest absolute Gasteiger partial charge is 0.326 e. The summed E-state index contributed by atoms with van der Waals surface area (Å²) in [6.07, 6.45) is 2.63. The lowest BCUT2D eigenvalue weighted by atomic mass is 9.98. The zero-order valence-electron chi connectivity index (χ0n) is 15.4. The first-order chi connectivity index (χ1) is 11.8. The van der Waals surface area contributed by atoms with E-state index in [-0.39, 0.29) is 18.4 Å². The number of benzene rings is 1. The molecule has 1 heterocycles. The summed E-state index contributed by atoms with van der Waals surface area (Å²) < 4.78 is 24.8. The average molecular weight is 368 g/mol. The summed E-state index contributed by atoms with van der Waals surface area (Å²) in [6.45, 7) is 7.85. The van der Waals surface area contributed by atoms with Gasteiger partial charge in [0.2, 0.25) is 15.9 Å². The molecule has 1 atom stereocenters. The van der Waals surface area contributed by atoms with Crippen molar-refractivity contribution in [2.75, 3.05) is 37.8 Å². The van der Waals surface area contributed by atoms with E-state index in [1.165, 1.54) is 10.6 Å². The molecular weight excluding hydrogens is 338 g/mol. The van der Waals surface area contributed by atoms with Crippen LogP contribution in [-0.2, 0) is 21.4 Å². The van der Waals surface area contributed by atoms with Gasteiger partial charge < -0.3 is 5.32 Å². The number of sulfonamides is 1. The maximum absolute atomic E-state index is 12.5. The first-order valence-corrected chi connectivity index (χ1v) is 10.8. The van der Waals surface area contributed by atoms with E-state index in [0.29, 0.717) is 13.0 Å². The van der Waals surface area contributed by atoms with Gasteiger partial charge in [0.1, 0.15) is 0 Å². The van der Waals surface area contributed by atoms with Crippen LogP contribution in [0.2, 0.25) is 0 Å². The number of nitrogens with zero attached hydrogens (tertiary/aromatic N) is 2. The molecule has 1 amide bonds. The highest BCUT2D eigenvalue weighted by Crippen LogP contribution is 2.21. The average Bonchev–Trinajstić information content (AvgIpc) is 2.59. The summed E-state index contributed by atoms with van der Waals surface area (Å²) in [5.41, 5.74) is 1.93. The van der Waals surface area contributed by atoms with Crippen LogP contribution >= 0.6 is 0 Å². The van der Waals surface area contributed by atoms with Gasteiger partial charge in [0, 0.05) is 25.3 Å². The fraction of sp³-hybridized carbons (Fsp3) is 0.611. The van der Waals surface area contributed by atoms with Crippen LogP contribution in [0.4, 0.5) is 5.69 Å². The fourth-order valence-corrected chi connectivity index (χ4v) is 4.07. The summed E-state index contributed by atoms with van der Waals surface area (Å²) in [4.78, 5) is 14.9. The number of amides is 1. The summed E-state index contributed by atoms with van der Waals surface area (Å²) in [5, 5.41) is 2.95. The van der Waals surface area contributed by atoms with Crippen molar-refractivity contribution in [2.45, 2.75) is 33.2 Å². The number of rotatable bonds is 7. The molecule has 0 saturated carbocycles. The molecule has 0 radical (unpaired) electrons. The van der Waals surface area contributed by atoms with E-state index >= 15 is 0 Å². The van der Waals surface area contributed by atoms with Crippen molar-refractivity contribution in [1.82, 2.24) is 9.21 Å². The lowest BCUT2D eigenvalue weighted by Crippen LogP contribution is -2.43. The van der Waals surface area contributed by atoms with Crippen LogP contribution in [0.1, 0.15) is 32.3 Å². The molecule has 1 saturated heterocycles. The zero-order chi connectivity index (χ0) is 18.4. The molecule has 0 aromatic heterocycles. The Morgan fingerprint density at radius 2 is 2.04 bits per heavy atom. The molecule has 1 aliphatic rings. The highest BCUT2D eigenvalue weighted by molar-refractivity contribution is 7.88. The molecule has 7 heteroatoms. The lowest BCUT2D eigenvalue weighted by Gasteiger charge is -2.30. The van der Waals surface area contributed by atoms with Gasteiger partial charge in [0.05, 0.1) is 12.2 Å². The topological polar surface area (TPSA) is 69.7 Å². The maximum Gasteiger partial charge on any atom is 0.228 e. The molecule has 0 spiro atoms. The Morgan fingerprint density at radius 1 is 1.32 bits per heavy atom. The van der Waals surface area contributed by atoms with E-state index in [1.807, 2.05) is 18.2 Å². The predicted octanol–water partition coefficient (Wildman–Crippen LogP) is 2.14. The van der Waals surface area contributed by atoms with E-state index in [2.05, 4.69) is 30.1 Å². The number of carbonyl (C=O) groups is 1. The van der Waals surface area contributed by atoms with Crippen LogP contribution in [0.25, 0.3) is 0 Å². The van der Waals surface area contributed by atoms with Crippen molar-refractivity contribution < 1.29 is 13.2 Å². The second-order valence-electron chi connectivity index (χ2n) is 6.61. The molecule has 0 aliphatic carbocycles. The summed E-state index contributed by atoms with van der Waals surface area (Å²) >= 11 is 0. The molecule has 6 nitrogen and oxygen atoms in total. The summed E-state index contributed by atoms with van der Waals surface area (Å²) in [5.74, 6) is -0.400. The van der Waals surface area contributed by atoms with Crippen LogP contribution in [-0.4, -0.2) is 56.0 Å². The highest BCUT2D eigenvalue weighted by Gasteiger charge is 2.30. The van der Waals surface area contributed by atoms with Crippen LogP contribution in [0.15, 0.2) is 24.3 Å². The van der Waals surface area contributed by atoms with Crippen LogP contribution in [0.3, 0.4) is 0 Å². The first-order valence-electron chi connectivity index (χ1n) is 8.90. The number of nitrogens with one attached hydrogen (secondary N) is 1. The van der Waals surface area contributed by atoms with E-state index in [0.717, 1.165) is 37.3 Å².